The van der Waals surface area contributed by atoms with Gasteiger partial charge in [0.15, 0.2) is 0 Å². The summed E-state index contributed by atoms with van der Waals surface area (Å²) in [5.74, 6) is -0.289. The number of esters is 1. The Morgan fingerprint density at radius 1 is 1.26 bits per heavy atom. The third-order valence-corrected chi connectivity index (χ3v) is 5.63. The van der Waals surface area contributed by atoms with Gasteiger partial charge in [-0.05, 0) is 43.9 Å². The first-order valence-electron chi connectivity index (χ1n) is 7.42. The lowest BCUT2D eigenvalue weighted by Crippen LogP contribution is -2.47. The van der Waals surface area contributed by atoms with Gasteiger partial charge in [-0.1, -0.05) is 13.3 Å². The molecule has 2 saturated carbocycles. The van der Waals surface area contributed by atoms with Crippen LogP contribution in [0.4, 0.5) is 0 Å². The molecule has 106 valence electrons. The first kappa shape index (κ1) is 12.9. The van der Waals surface area contributed by atoms with Crippen LogP contribution in [-0.4, -0.2) is 23.1 Å². The highest BCUT2D eigenvalue weighted by molar-refractivity contribution is 5.79. The maximum absolute atomic E-state index is 11.9. The first-order chi connectivity index (χ1) is 8.99. The van der Waals surface area contributed by atoms with Gasteiger partial charge in [0, 0.05) is 5.92 Å². The van der Waals surface area contributed by atoms with Gasteiger partial charge >= 0.3 is 11.9 Å². The van der Waals surface area contributed by atoms with Crippen molar-refractivity contribution in [3.63, 3.8) is 0 Å². The highest BCUT2D eigenvalue weighted by Gasteiger charge is 2.57. The predicted molar refractivity (Wildman–Crippen MR) is 68.3 cm³/mol. The summed E-state index contributed by atoms with van der Waals surface area (Å²) in [5, 5.41) is 9.63. The Morgan fingerprint density at radius 2 is 2.00 bits per heavy atom. The van der Waals surface area contributed by atoms with E-state index in [1.54, 1.807) is 0 Å². The van der Waals surface area contributed by atoms with Crippen LogP contribution in [0.2, 0.25) is 0 Å². The summed E-state index contributed by atoms with van der Waals surface area (Å²) < 4.78 is 5.32. The first-order valence-corrected chi connectivity index (χ1v) is 7.42. The van der Waals surface area contributed by atoms with Gasteiger partial charge in [0.25, 0.3) is 0 Å². The van der Waals surface area contributed by atoms with E-state index in [1.807, 2.05) is 6.92 Å². The number of rotatable bonds is 1. The van der Waals surface area contributed by atoms with Gasteiger partial charge in [0.2, 0.25) is 0 Å². The van der Waals surface area contributed by atoms with Gasteiger partial charge in [-0.2, -0.15) is 0 Å². The van der Waals surface area contributed by atoms with E-state index in [1.165, 1.54) is 0 Å². The average molecular weight is 266 g/mol. The van der Waals surface area contributed by atoms with Crippen molar-refractivity contribution in [3.05, 3.63) is 0 Å². The molecule has 3 rings (SSSR count). The van der Waals surface area contributed by atoms with Crippen molar-refractivity contribution in [2.24, 2.45) is 35.5 Å². The fourth-order valence-corrected chi connectivity index (χ4v) is 4.85. The molecule has 0 spiro atoms. The van der Waals surface area contributed by atoms with Crippen LogP contribution in [-0.2, 0) is 14.3 Å². The van der Waals surface area contributed by atoms with Crippen LogP contribution in [0.25, 0.3) is 0 Å². The molecule has 4 heteroatoms. The van der Waals surface area contributed by atoms with Gasteiger partial charge in [0.05, 0.1) is 11.8 Å². The van der Waals surface area contributed by atoms with E-state index in [2.05, 4.69) is 6.92 Å². The molecule has 1 heterocycles. The van der Waals surface area contributed by atoms with Crippen molar-refractivity contribution in [1.29, 1.82) is 0 Å². The van der Waals surface area contributed by atoms with E-state index < -0.39 is 11.9 Å². The molecule has 0 aromatic carbocycles. The monoisotopic (exact) mass is 266 g/mol. The van der Waals surface area contributed by atoms with Gasteiger partial charge in [0.1, 0.15) is 6.10 Å². The number of carbonyl (C=O) groups excluding carboxylic acids is 1. The number of carboxylic acid groups (broad SMARTS) is 1. The number of carbonyl (C=O) groups is 2. The largest absolute Gasteiger partial charge is 0.481 e. The van der Waals surface area contributed by atoms with Crippen molar-refractivity contribution in [1.82, 2.24) is 0 Å². The lowest BCUT2D eigenvalue weighted by molar-refractivity contribution is -0.153. The van der Waals surface area contributed by atoms with Crippen LogP contribution >= 0.6 is 0 Å². The van der Waals surface area contributed by atoms with Crippen molar-refractivity contribution < 1.29 is 19.4 Å². The maximum atomic E-state index is 11.9. The second-order valence-corrected chi connectivity index (χ2v) is 6.77. The SMILES string of the molecule is CC1CC[C@@H]2[C@@H](C1)C[C@H]1C(=O)O[C@H](C)[C@H]1[C@H]2C(=O)O. The molecule has 3 aliphatic rings. The number of fused-ring (bicyclic) bond motifs is 2. The molecule has 1 aliphatic heterocycles. The van der Waals surface area contributed by atoms with Crippen molar-refractivity contribution >= 4 is 11.9 Å². The van der Waals surface area contributed by atoms with E-state index in [4.69, 9.17) is 4.74 Å². The molecule has 0 aromatic heterocycles. The zero-order chi connectivity index (χ0) is 13.7. The Morgan fingerprint density at radius 3 is 2.68 bits per heavy atom. The minimum absolute atomic E-state index is 0.111. The molecular formula is C15H22O4. The lowest BCUT2D eigenvalue weighted by atomic mass is 9.56. The van der Waals surface area contributed by atoms with E-state index in [0.29, 0.717) is 11.8 Å². The molecule has 3 fully saturated rings. The van der Waals surface area contributed by atoms with E-state index in [-0.39, 0.29) is 29.8 Å². The molecule has 0 bridgehead atoms. The fraction of sp³-hybridized carbons (Fsp3) is 0.867. The van der Waals surface area contributed by atoms with Crippen LogP contribution in [0.15, 0.2) is 0 Å². The van der Waals surface area contributed by atoms with Crippen LogP contribution in [0.1, 0.15) is 39.5 Å². The molecule has 0 amide bonds. The summed E-state index contributed by atoms with van der Waals surface area (Å²) in [6, 6.07) is 0. The molecule has 1 unspecified atom stereocenters. The minimum atomic E-state index is -0.732. The van der Waals surface area contributed by atoms with Crippen molar-refractivity contribution in [2.75, 3.05) is 0 Å². The zero-order valence-corrected chi connectivity index (χ0v) is 11.5. The topological polar surface area (TPSA) is 63.6 Å². The van der Waals surface area contributed by atoms with E-state index in [9.17, 15) is 14.7 Å². The number of cyclic esters (lactones) is 1. The summed E-state index contributed by atoms with van der Waals surface area (Å²) in [6.45, 7) is 4.08. The van der Waals surface area contributed by atoms with Crippen molar-refractivity contribution in [2.45, 2.75) is 45.6 Å². The third kappa shape index (κ3) is 1.96. The Bertz CT molecular complexity index is 405. The number of hydrogen-bond donors (Lipinski definition) is 1. The number of hydrogen-bond acceptors (Lipinski definition) is 3. The number of ether oxygens (including phenoxy) is 1. The second-order valence-electron chi connectivity index (χ2n) is 6.77. The molecule has 19 heavy (non-hydrogen) atoms. The predicted octanol–water partition coefficient (Wildman–Crippen LogP) is 2.32. The Labute approximate surface area is 113 Å². The standard InChI is InChI=1S/C15H22O4/c1-7-3-4-10-9(5-7)6-11-12(13(10)14(16)17)8(2)19-15(11)18/h7-13H,3-6H2,1-2H3,(H,16,17)/t7?,8-,9+,10-,11-,12-,13+/m1/s1. The molecule has 1 saturated heterocycles. The molecular weight excluding hydrogens is 244 g/mol. The maximum Gasteiger partial charge on any atom is 0.309 e. The molecule has 1 N–H and O–H groups in total. The number of carboxylic acids is 1. The fourth-order valence-electron chi connectivity index (χ4n) is 4.85. The zero-order valence-electron chi connectivity index (χ0n) is 11.5. The Balaban J connectivity index is 1.92. The summed E-state index contributed by atoms with van der Waals surface area (Å²) in [4.78, 5) is 23.6. The van der Waals surface area contributed by atoms with Gasteiger partial charge in [-0.3, -0.25) is 9.59 Å². The highest BCUT2D eigenvalue weighted by atomic mass is 16.6. The van der Waals surface area contributed by atoms with Crippen LogP contribution < -0.4 is 0 Å². The van der Waals surface area contributed by atoms with Gasteiger partial charge in [-0.15, -0.1) is 0 Å². The second kappa shape index (κ2) is 4.50. The molecule has 0 radical (unpaired) electrons. The van der Waals surface area contributed by atoms with Gasteiger partial charge < -0.3 is 9.84 Å². The van der Waals surface area contributed by atoms with Gasteiger partial charge in [-0.25, -0.2) is 0 Å². The highest BCUT2D eigenvalue weighted by Crippen LogP contribution is 2.53. The summed E-state index contributed by atoms with van der Waals surface area (Å²) in [5.41, 5.74) is 0. The minimum Gasteiger partial charge on any atom is -0.481 e. The molecule has 0 aromatic rings. The average Bonchev–Trinajstić information content (AvgIpc) is 2.61. The quantitative estimate of drug-likeness (QED) is 0.740. The molecule has 7 atom stereocenters. The summed E-state index contributed by atoms with van der Waals surface area (Å²) in [6.07, 6.45) is 3.78. The van der Waals surface area contributed by atoms with Crippen LogP contribution in [0.5, 0.6) is 0 Å². The molecule has 4 nitrogen and oxygen atoms in total. The smallest absolute Gasteiger partial charge is 0.309 e. The summed E-state index contributed by atoms with van der Waals surface area (Å²) in [7, 11) is 0. The van der Waals surface area contributed by atoms with E-state index in [0.717, 1.165) is 25.7 Å². The summed E-state index contributed by atoms with van der Waals surface area (Å²) >= 11 is 0. The normalized spacial score (nSPS) is 49.2. The Kier molecular flexibility index (Phi) is 3.06. The Hall–Kier alpha value is -1.06. The number of aliphatic carboxylic acids is 1. The lowest BCUT2D eigenvalue weighted by Gasteiger charge is -2.46. The third-order valence-electron chi connectivity index (χ3n) is 5.63. The van der Waals surface area contributed by atoms with E-state index >= 15 is 0 Å². The van der Waals surface area contributed by atoms with Crippen LogP contribution in [0.3, 0.4) is 0 Å². The molecule has 2 aliphatic carbocycles. The van der Waals surface area contributed by atoms with Crippen LogP contribution in [0, 0.1) is 35.5 Å². The van der Waals surface area contributed by atoms with Crippen molar-refractivity contribution in [3.8, 4) is 0 Å².